The lowest BCUT2D eigenvalue weighted by Crippen LogP contribution is -2.20. The Hall–Kier alpha value is -2.13. The first kappa shape index (κ1) is 20.2. The predicted molar refractivity (Wildman–Crippen MR) is 85.5 cm³/mol. The summed E-state index contributed by atoms with van der Waals surface area (Å²) in [6.45, 7) is 0. The fraction of sp³-hybridized carbons (Fsp3) is 0.133. The zero-order chi connectivity index (χ0) is 19.7. The van der Waals surface area contributed by atoms with Crippen molar-refractivity contribution in [3.63, 3.8) is 0 Å². The van der Waals surface area contributed by atoms with Crippen LogP contribution in [0.1, 0.15) is 11.1 Å². The minimum absolute atomic E-state index is 0.0939. The van der Waals surface area contributed by atoms with Crippen molar-refractivity contribution < 1.29 is 31.1 Å². The normalized spacial score (nSPS) is 12.0. The van der Waals surface area contributed by atoms with Crippen molar-refractivity contribution in [2.24, 2.45) is 0 Å². The molecule has 0 fully saturated rings. The largest absolute Gasteiger partial charge is 0.417 e. The number of anilines is 2. The van der Waals surface area contributed by atoms with Crippen molar-refractivity contribution in [1.29, 1.82) is 0 Å². The van der Waals surface area contributed by atoms with E-state index in [1.54, 1.807) is 0 Å². The van der Waals surface area contributed by atoms with Crippen LogP contribution in [-0.4, -0.2) is 6.03 Å². The molecule has 0 aliphatic rings. The Bertz CT molecular complexity index is 836. The van der Waals surface area contributed by atoms with Crippen molar-refractivity contribution in [2.75, 3.05) is 10.6 Å². The second kappa shape index (κ2) is 7.24. The molecule has 0 saturated carbocycles. The molecule has 0 aliphatic heterocycles. The summed E-state index contributed by atoms with van der Waals surface area (Å²) in [7, 11) is 0. The van der Waals surface area contributed by atoms with Gasteiger partial charge in [0.25, 0.3) is 0 Å². The molecule has 0 bridgehead atoms. The Morgan fingerprint density at radius 2 is 1.46 bits per heavy atom. The van der Waals surface area contributed by atoms with Gasteiger partial charge in [0.15, 0.2) is 0 Å². The Labute approximate surface area is 152 Å². The smallest absolute Gasteiger partial charge is 0.308 e. The average molecular weight is 417 g/mol. The van der Waals surface area contributed by atoms with E-state index in [9.17, 15) is 31.1 Å². The van der Waals surface area contributed by atoms with Gasteiger partial charge in [-0.05, 0) is 36.4 Å². The highest BCUT2D eigenvalue weighted by Crippen LogP contribution is 2.36. The molecular formula is C15H8Cl2F6N2O. The maximum atomic E-state index is 12.7. The highest BCUT2D eigenvalue weighted by molar-refractivity contribution is 6.34. The van der Waals surface area contributed by atoms with Gasteiger partial charge in [-0.3, -0.25) is 0 Å². The molecule has 2 aromatic rings. The van der Waals surface area contributed by atoms with Gasteiger partial charge in [-0.15, -0.1) is 0 Å². The minimum atomic E-state index is -4.66. The van der Waals surface area contributed by atoms with Crippen LogP contribution in [0.25, 0.3) is 0 Å². The highest BCUT2D eigenvalue weighted by Gasteiger charge is 2.33. The summed E-state index contributed by atoms with van der Waals surface area (Å²) in [6.07, 6.45) is -9.30. The maximum Gasteiger partial charge on any atom is 0.417 e. The summed E-state index contributed by atoms with van der Waals surface area (Å²) in [5, 5.41) is 3.44. The number of carbonyl (C=O) groups excluding carboxylic acids is 1. The summed E-state index contributed by atoms with van der Waals surface area (Å²) < 4.78 is 75.9. The van der Waals surface area contributed by atoms with Crippen molar-refractivity contribution in [1.82, 2.24) is 0 Å². The molecule has 2 amide bonds. The van der Waals surface area contributed by atoms with Gasteiger partial charge >= 0.3 is 18.4 Å². The lowest BCUT2D eigenvalue weighted by molar-refractivity contribution is -0.138. The third kappa shape index (κ3) is 4.95. The van der Waals surface area contributed by atoms with Crippen molar-refractivity contribution >= 4 is 40.6 Å². The summed E-state index contributed by atoms with van der Waals surface area (Å²) in [4.78, 5) is 11.9. The third-order valence-electron chi connectivity index (χ3n) is 3.07. The Morgan fingerprint density at radius 1 is 0.808 bits per heavy atom. The highest BCUT2D eigenvalue weighted by atomic mass is 35.5. The van der Waals surface area contributed by atoms with E-state index in [-0.39, 0.29) is 16.4 Å². The topological polar surface area (TPSA) is 41.1 Å². The number of urea groups is 1. The standard InChI is InChI=1S/C15H8Cl2F6N2O/c16-10-4-1-7(14(18,19)20)5-12(10)25-13(26)24-8-2-3-9(11(17)6-8)15(21,22)23/h1-6H,(H2,24,25,26). The Balaban J connectivity index is 2.16. The van der Waals surface area contributed by atoms with E-state index in [1.807, 2.05) is 0 Å². The van der Waals surface area contributed by atoms with Gasteiger partial charge in [0.2, 0.25) is 0 Å². The van der Waals surface area contributed by atoms with Crippen LogP contribution in [0.3, 0.4) is 0 Å². The maximum absolute atomic E-state index is 12.7. The van der Waals surface area contributed by atoms with Crippen molar-refractivity contribution in [2.45, 2.75) is 12.4 Å². The molecule has 26 heavy (non-hydrogen) atoms. The van der Waals surface area contributed by atoms with E-state index in [1.165, 1.54) is 0 Å². The van der Waals surface area contributed by atoms with Gasteiger partial charge in [-0.1, -0.05) is 23.2 Å². The molecule has 140 valence electrons. The summed E-state index contributed by atoms with van der Waals surface area (Å²) in [6, 6.07) is 3.77. The molecule has 0 radical (unpaired) electrons. The fourth-order valence-electron chi connectivity index (χ4n) is 1.90. The minimum Gasteiger partial charge on any atom is -0.308 e. The van der Waals surface area contributed by atoms with E-state index >= 15 is 0 Å². The molecule has 0 aromatic heterocycles. The zero-order valence-electron chi connectivity index (χ0n) is 12.4. The van der Waals surface area contributed by atoms with E-state index in [4.69, 9.17) is 23.2 Å². The monoisotopic (exact) mass is 416 g/mol. The van der Waals surface area contributed by atoms with Crippen LogP contribution >= 0.6 is 23.2 Å². The number of hydrogen-bond donors (Lipinski definition) is 2. The number of alkyl halides is 6. The van der Waals surface area contributed by atoms with Gasteiger partial charge < -0.3 is 10.6 Å². The van der Waals surface area contributed by atoms with Gasteiger partial charge in [0.05, 0.1) is 26.9 Å². The van der Waals surface area contributed by atoms with Gasteiger partial charge in [-0.2, -0.15) is 26.3 Å². The van der Waals surface area contributed by atoms with Crippen LogP contribution in [0.15, 0.2) is 36.4 Å². The number of benzene rings is 2. The SMILES string of the molecule is O=C(Nc1ccc(C(F)(F)F)c(Cl)c1)Nc1cc(C(F)(F)F)ccc1Cl. The molecule has 0 unspecified atom stereocenters. The first-order valence-electron chi connectivity index (χ1n) is 6.69. The van der Waals surface area contributed by atoms with Gasteiger partial charge in [0, 0.05) is 5.69 Å². The fourth-order valence-corrected chi connectivity index (χ4v) is 2.36. The molecular weight excluding hydrogens is 409 g/mol. The lowest BCUT2D eigenvalue weighted by atomic mass is 10.2. The van der Waals surface area contributed by atoms with Crippen LogP contribution in [0.2, 0.25) is 10.0 Å². The predicted octanol–water partition coefficient (Wildman–Crippen LogP) is 6.68. The molecule has 0 aliphatic carbocycles. The molecule has 0 heterocycles. The van der Waals surface area contributed by atoms with Gasteiger partial charge in [0.1, 0.15) is 0 Å². The van der Waals surface area contributed by atoms with Gasteiger partial charge in [-0.25, -0.2) is 4.79 Å². The molecule has 0 spiro atoms. The molecule has 2 rings (SSSR count). The van der Waals surface area contributed by atoms with Crippen LogP contribution in [0, 0.1) is 0 Å². The van der Waals surface area contributed by atoms with Crippen LogP contribution in [0.5, 0.6) is 0 Å². The molecule has 0 atom stereocenters. The van der Waals surface area contributed by atoms with Crippen LogP contribution < -0.4 is 10.6 Å². The molecule has 0 saturated heterocycles. The van der Waals surface area contributed by atoms with Crippen LogP contribution in [-0.2, 0) is 12.4 Å². The second-order valence-corrected chi connectivity index (χ2v) is 5.78. The van der Waals surface area contributed by atoms with Crippen molar-refractivity contribution in [3.05, 3.63) is 57.6 Å². The summed E-state index contributed by atoms with van der Waals surface area (Å²) in [5.74, 6) is 0. The molecule has 3 nitrogen and oxygen atoms in total. The Kier molecular flexibility index (Phi) is 5.62. The van der Waals surface area contributed by atoms with E-state index in [0.29, 0.717) is 12.1 Å². The van der Waals surface area contributed by atoms with E-state index < -0.39 is 34.5 Å². The lowest BCUT2D eigenvalue weighted by Gasteiger charge is -2.13. The average Bonchev–Trinajstić information content (AvgIpc) is 2.47. The summed E-state index contributed by atoms with van der Waals surface area (Å²) in [5.41, 5.74) is -2.54. The third-order valence-corrected chi connectivity index (χ3v) is 3.72. The number of amides is 2. The first-order valence-corrected chi connectivity index (χ1v) is 7.45. The number of hydrogen-bond acceptors (Lipinski definition) is 1. The number of carbonyl (C=O) groups is 1. The summed E-state index contributed by atoms with van der Waals surface area (Å²) >= 11 is 11.2. The van der Waals surface area contributed by atoms with E-state index in [2.05, 4.69) is 10.6 Å². The van der Waals surface area contributed by atoms with Crippen molar-refractivity contribution in [3.8, 4) is 0 Å². The second-order valence-electron chi connectivity index (χ2n) is 4.96. The first-order chi connectivity index (χ1) is 11.9. The number of halogens is 8. The molecule has 11 heteroatoms. The van der Waals surface area contributed by atoms with Crippen LogP contribution in [0.4, 0.5) is 42.5 Å². The number of rotatable bonds is 2. The quantitative estimate of drug-likeness (QED) is 0.527. The zero-order valence-corrected chi connectivity index (χ0v) is 13.9. The Morgan fingerprint density at radius 3 is 2.00 bits per heavy atom. The van der Waals surface area contributed by atoms with E-state index in [0.717, 1.165) is 24.3 Å². The molecule has 2 N–H and O–H groups in total. The number of nitrogens with one attached hydrogen (secondary N) is 2. The molecule has 2 aromatic carbocycles.